The minimum atomic E-state index is 1.02. The van der Waals surface area contributed by atoms with Crippen molar-refractivity contribution in [3.8, 4) is 89.1 Å². The lowest BCUT2D eigenvalue weighted by atomic mass is 9.79. The summed E-state index contributed by atoms with van der Waals surface area (Å²) in [5.74, 6) is 0. The molecule has 0 unspecified atom stereocenters. The van der Waals surface area contributed by atoms with Crippen LogP contribution in [0.15, 0.2) is 261 Å². The summed E-state index contributed by atoms with van der Waals surface area (Å²) in [6.07, 6.45) is 1.94. The summed E-state index contributed by atoms with van der Waals surface area (Å²) in [6.45, 7) is 0. The molecule has 0 atom stereocenters. The van der Waals surface area contributed by atoms with Crippen molar-refractivity contribution in [2.75, 3.05) is 0 Å². The molecule has 0 spiro atoms. The SMILES string of the molecule is c1ccc(-c2cc(-c3ccc(-c4ccc(-c5c6ccccc6c(-c6nccc7ccccc67)c6ccccc56)cc4)cc3)c(-c3ccccc3)c(-c3ccccc3)c2-c2ccccc2)cc1. The third-order valence-electron chi connectivity index (χ3n) is 13.1. The zero-order valence-corrected chi connectivity index (χ0v) is 36.3. The Morgan fingerprint density at radius 3 is 1.03 bits per heavy atom. The molecule has 0 fully saturated rings. The van der Waals surface area contributed by atoms with E-state index in [1.807, 2.05) is 6.20 Å². The molecule has 0 radical (unpaired) electrons. The first kappa shape index (κ1) is 39.0. The van der Waals surface area contributed by atoms with Crippen LogP contribution < -0.4 is 0 Å². The molecule has 12 rings (SSSR count). The second kappa shape index (κ2) is 16.8. The number of hydrogen-bond acceptors (Lipinski definition) is 1. The molecule has 0 bridgehead atoms. The molecular formula is C65H43N. The van der Waals surface area contributed by atoms with Crippen LogP contribution in [0.3, 0.4) is 0 Å². The van der Waals surface area contributed by atoms with E-state index in [9.17, 15) is 0 Å². The molecule has 1 heterocycles. The maximum atomic E-state index is 5.02. The van der Waals surface area contributed by atoms with Crippen LogP contribution in [-0.4, -0.2) is 4.98 Å². The largest absolute Gasteiger partial charge is 0.256 e. The average Bonchev–Trinajstić information content (AvgIpc) is 3.40. The maximum absolute atomic E-state index is 5.02. The molecule has 11 aromatic carbocycles. The van der Waals surface area contributed by atoms with Gasteiger partial charge in [0, 0.05) is 17.1 Å². The second-order valence-corrected chi connectivity index (χ2v) is 16.9. The van der Waals surface area contributed by atoms with Crippen molar-refractivity contribution in [3.05, 3.63) is 261 Å². The summed E-state index contributed by atoms with van der Waals surface area (Å²) < 4.78 is 0. The summed E-state index contributed by atoms with van der Waals surface area (Å²) in [5, 5.41) is 7.19. The first-order valence-electron chi connectivity index (χ1n) is 22.7. The number of hydrogen-bond donors (Lipinski definition) is 0. The lowest BCUT2D eigenvalue weighted by molar-refractivity contribution is 1.37. The van der Waals surface area contributed by atoms with Gasteiger partial charge in [-0.1, -0.05) is 243 Å². The van der Waals surface area contributed by atoms with Gasteiger partial charge >= 0.3 is 0 Å². The van der Waals surface area contributed by atoms with Gasteiger partial charge in [0.2, 0.25) is 0 Å². The Hall–Kier alpha value is -8.65. The molecule has 0 aliphatic carbocycles. The van der Waals surface area contributed by atoms with Crippen LogP contribution in [0.4, 0.5) is 0 Å². The van der Waals surface area contributed by atoms with Crippen molar-refractivity contribution in [1.82, 2.24) is 4.98 Å². The number of pyridine rings is 1. The molecule has 0 aliphatic heterocycles. The third-order valence-corrected chi connectivity index (χ3v) is 13.1. The standard InChI is InChI=1S/C65H43N/c1-5-19-46(20-6-1)58-43-59(62(50-24-9-3-10-25-50)63(51-26-11-4-12-27-51)61(58)49-22-7-2-8-23-49)48-37-33-44(34-38-48)45-35-39-52(40-36-45)60-54-29-15-17-31-56(54)64(57-32-18-16-30-55(57)60)65-53-28-14-13-21-47(53)41-42-66-65/h1-43H. The van der Waals surface area contributed by atoms with E-state index in [-0.39, 0.29) is 0 Å². The van der Waals surface area contributed by atoms with E-state index in [0.29, 0.717) is 0 Å². The first-order chi connectivity index (χ1) is 32.8. The van der Waals surface area contributed by atoms with E-state index in [4.69, 9.17) is 4.98 Å². The molecule has 0 saturated carbocycles. The van der Waals surface area contributed by atoms with Gasteiger partial charge in [-0.05, 0) is 117 Å². The van der Waals surface area contributed by atoms with Crippen LogP contribution in [0, 0.1) is 0 Å². The van der Waals surface area contributed by atoms with Gasteiger partial charge in [-0.3, -0.25) is 4.98 Å². The Balaban J connectivity index is 0.997. The first-order valence-corrected chi connectivity index (χ1v) is 22.7. The number of fused-ring (bicyclic) bond motifs is 3. The molecule has 1 heteroatoms. The van der Waals surface area contributed by atoms with Crippen molar-refractivity contribution in [2.24, 2.45) is 0 Å². The Kier molecular flexibility index (Phi) is 9.93. The van der Waals surface area contributed by atoms with Crippen LogP contribution in [0.2, 0.25) is 0 Å². The maximum Gasteiger partial charge on any atom is 0.0792 e. The highest BCUT2D eigenvalue weighted by Gasteiger charge is 2.24. The normalized spacial score (nSPS) is 11.3. The Bertz CT molecular complexity index is 3630. The summed E-state index contributed by atoms with van der Waals surface area (Å²) in [5.41, 5.74) is 19.0. The van der Waals surface area contributed by atoms with Gasteiger partial charge < -0.3 is 0 Å². The van der Waals surface area contributed by atoms with E-state index in [2.05, 4.69) is 255 Å². The van der Waals surface area contributed by atoms with Gasteiger partial charge in [0.25, 0.3) is 0 Å². The quantitative estimate of drug-likeness (QED) is 0.139. The highest BCUT2D eigenvalue weighted by Crippen LogP contribution is 2.51. The summed E-state index contributed by atoms with van der Waals surface area (Å²) >= 11 is 0. The minimum absolute atomic E-state index is 1.02. The lowest BCUT2D eigenvalue weighted by Crippen LogP contribution is -1.98. The van der Waals surface area contributed by atoms with Crippen molar-refractivity contribution in [3.63, 3.8) is 0 Å². The molecular weight excluding hydrogens is 795 g/mol. The molecule has 12 aromatic rings. The van der Waals surface area contributed by atoms with Crippen LogP contribution in [0.5, 0.6) is 0 Å². The Labute approximate surface area is 385 Å². The summed E-state index contributed by atoms with van der Waals surface area (Å²) in [4.78, 5) is 5.02. The summed E-state index contributed by atoms with van der Waals surface area (Å²) in [6, 6.07) is 92.6. The van der Waals surface area contributed by atoms with Crippen LogP contribution in [0.1, 0.15) is 0 Å². The average molecular weight is 838 g/mol. The van der Waals surface area contributed by atoms with E-state index < -0.39 is 0 Å². The van der Waals surface area contributed by atoms with Crippen LogP contribution >= 0.6 is 0 Å². The lowest BCUT2D eigenvalue weighted by Gasteiger charge is -2.24. The number of benzene rings is 11. The molecule has 0 aliphatic rings. The van der Waals surface area contributed by atoms with Gasteiger partial charge in [0.05, 0.1) is 5.69 Å². The van der Waals surface area contributed by atoms with Gasteiger partial charge in [-0.15, -0.1) is 0 Å². The Morgan fingerprint density at radius 2 is 0.545 bits per heavy atom. The van der Waals surface area contributed by atoms with Crippen LogP contribution in [-0.2, 0) is 0 Å². The summed E-state index contributed by atoms with van der Waals surface area (Å²) in [7, 11) is 0. The zero-order chi connectivity index (χ0) is 43.8. The van der Waals surface area contributed by atoms with Gasteiger partial charge in [-0.25, -0.2) is 0 Å². The second-order valence-electron chi connectivity index (χ2n) is 16.9. The van der Waals surface area contributed by atoms with Crippen molar-refractivity contribution >= 4 is 32.3 Å². The van der Waals surface area contributed by atoms with Crippen molar-refractivity contribution in [1.29, 1.82) is 0 Å². The highest BCUT2D eigenvalue weighted by molar-refractivity contribution is 6.23. The van der Waals surface area contributed by atoms with E-state index in [0.717, 1.165) is 11.1 Å². The van der Waals surface area contributed by atoms with E-state index >= 15 is 0 Å². The number of rotatable bonds is 8. The molecule has 308 valence electrons. The Morgan fingerprint density at radius 1 is 0.212 bits per heavy atom. The van der Waals surface area contributed by atoms with Gasteiger partial charge in [0.15, 0.2) is 0 Å². The van der Waals surface area contributed by atoms with E-state index in [1.54, 1.807) is 0 Å². The fraction of sp³-hybridized carbons (Fsp3) is 0. The third kappa shape index (κ3) is 6.86. The molecule has 0 amide bonds. The topological polar surface area (TPSA) is 12.9 Å². The van der Waals surface area contributed by atoms with Crippen molar-refractivity contribution < 1.29 is 0 Å². The fourth-order valence-electron chi connectivity index (χ4n) is 10.1. The molecule has 1 nitrogen and oxygen atoms in total. The van der Waals surface area contributed by atoms with Gasteiger partial charge in [-0.2, -0.15) is 0 Å². The molecule has 0 saturated heterocycles. The number of nitrogens with zero attached hydrogens (tertiary/aromatic N) is 1. The monoisotopic (exact) mass is 837 g/mol. The molecule has 0 N–H and O–H groups in total. The highest BCUT2D eigenvalue weighted by atomic mass is 14.7. The predicted octanol–water partition coefficient (Wildman–Crippen LogP) is 17.9. The number of aromatic nitrogens is 1. The molecule has 66 heavy (non-hydrogen) atoms. The molecule has 1 aromatic heterocycles. The smallest absolute Gasteiger partial charge is 0.0792 e. The van der Waals surface area contributed by atoms with Gasteiger partial charge in [0.1, 0.15) is 0 Å². The fourth-order valence-corrected chi connectivity index (χ4v) is 10.1. The predicted molar refractivity (Wildman–Crippen MR) is 280 cm³/mol. The minimum Gasteiger partial charge on any atom is -0.256 e. The van der Waals surface area contributed by atoms with E-state index in [1.165, 1.54) is 110 Å². The van der Waals surface area contributed by atoms with Crippen molar-refractivity contribution in [2.45, 2.75) is 0 Å². The zero-order valence-electron chi connectivity index (χ0n) is 36.3. The van der Waals surface area contributed by atoms with Crippen LogP contribution in [0.25, 0.3) is 121 Å².